The van der Waals surface area contributed by atoms with Gasteiger partial charge in [0.1, 0.15) is 0 Å². The van der Waals surface area contributed by atoms with Crippen LogP contribution in [0.1, 0.15) is 5.56 Å². The van der Waals surface area contributed by atoms with Gasteiger partial charge in [0.2, 0.25) is 5.95 Å². The largest absolute Gasteiger partial charge is 0.397 e. The predicted molar refractivity (Wildman–Crippen MR) is 241 cm³/mol. The van der Waals surface area contributed by atoms with Crippen molar-refractivity contribution in [3.8, 4) is 62.1 Å². The topological polar surface area (TPSA) is 85.8 Å². The van der Waals surface area contributed by atoms with Gasteiger partial charge in [-0.2, -0.15) is 0 Å². The fourth-order valence-electron chi connectivity index (χ4n) is 8.39. The number of hydrogen-bond donors (Lipinski definition) is 1. The molecule has 0 unspecified atom stereocenters. The third-order valence-electron chi connectivity index (χ3n) is 11.2. The van der Waals surface area contributed by atoms with Crippen molar-refractivity contribution in [1.82, 2.24) is 24.5 Å². The number of benzene rings is 6. The van der Waals surface area contributed by atoms with Gasteiger partial charge in [-0.05, 0) is 54.1 Å². The number of aromatic nitrogens is 5. The van der Waals surface area contributed by atoms with E-state index in [0.717, 1.165) is 101 Å². The summed E-state index contributed by atoms with van der Waals surface area (Å²) in [6.45, 7) is 4.70. The Morgan fingerprint density at radius 3 is 1.61 bits per heavy atom. The van der Waals surface area contributed by atoms with Gasteiger partial charge in [-0.3, -0.25) is 14.5 Å². The van der Waals surface area contributed by atoms with Gasteiger partial charge in [-0.1, -0.05) is 134 Å². The van der Waals surface area contributed by atoms with E-state index < -0.39 is 0 Å². The normalized spacial score (nSPS) is 12.1. The van der Waals surface area contributed by atoms with Crippen LogP contribution in [0.4, 0.5) is 17.1 Å². The first-order valence-corrected chi connectivity index (χ1v) is 19.5. The number of nitrogens with zero attached hydrogens (tertiary/aromatic N) is 6. The van der Waals surface area contributed by atoms with E-state index in [1.54, 1.807) is 0 Å². The first-order valence-electron chi connectivity index (χ1n) is 19.5. The summed E-state index contributed by atoms with van der Waals surface area (Å²) in [5.74, 6) is 0.546. The maximum atomic E-state index is 6.80. The lowest BCUT2D eigenvalue weighted by Gasteiger charge is -2.36. The van der Waals surface area contributed by atoms with Gasteiger partial charge in [0.25, 0.3) is 0 Å². The van der Waals surface area contributed by atoms with Gasteiger partial charge in [0.05, 0.1) is 50.9 Å². The minimum absolute atomic E-state index is 0.546. The van der Waals surface area contributed by atoms with Crippen molar-refractivity contribution in [3.05, 3.63) is 200 Å². The van der Waals surface area contributed by atoms with Crippen molar-refractivity contribution < 1.29 is 0 Å². The van der Waals surface area contributed by atoms with Gasteiger partial charge in [0.15, 0.2) is 0 Å². The molecule has 6 aromatic carbocycles. The van der Waals surface area contributed by atoms with Crippen molar-refractivity contribution in [1.29, 1.82) is 0 Å². The van der Waals surface area contributed by atoms with Crippen molar-refractivity contribution in [2.75, 3.05) is 10.6 Å². The fourth-order valence-corrected chi connectivity index (χ4v) is 8.39. The minimum atomic E-state index is 0.546. The van der Waals surface area contributed by atoms with Crippen molar-refractivity contribution >= 4 is 44.6 Å². The predicted octanol–water partition coefficient (Wildman–Crippen LogP) is 12.4. The number of pyridine rings is 2. The van der Waals surface area contributed by atoms with Crippen LogP contribution in [-0.2, 0) is 0 Å². The molecule has 0 spiro atoms. The second kappa shape index (κ2) is 13.8. The summed E-state index contributed by atoms with van der Waals surface area (Å²) >= 11 is 0. The number of nitrogen functional groups attached to an aromatic ring is 1. The van der Waals surface area contributed by atoms with Crippen LogP contribution in [0.15, 0.2) is 195 Å². The zero-order valence-corrected chi connectivity index (χ0v) is 31.9. The molecule has 7 heteroatoms. The Morgan fingerprint density at radius 1 is 0.458 bits per heavy atom. The molecule has 1 aliphatic heterocycles. The van der Waals surface area contributed by atoms with Crippen LogP contribution < -0.4 is 10.6 Å². The molecule has 0 aliphatic carbocycles. The number of rotatable bonds is 6. The van der Waals surface area contributed by atoms with Crippen LogP contribution in [0.25, 0.3) is 89.6 Å². The quantitative estimate of drug-likeness (QED) is 0.170. The lowest BCUT2D eigenvalue weighted by molar-refractivity contribution is 0.994. The second-order valence-electron chi connectivity index (χ2n) is 14.6. The van der Waals surface area contributed by atoms with Gasteiger partial charge in [0, 0.05) is 62.2 Å². The average molecular weight is 758 g/mol. The van der Waals surface area contributed by atoms with E-state index in [9.17, 15) is 0 Å². The van der Waals surface area contributed by atoms with Crippen molar-refractivity contribution in [2.24, 2.45) is 0 Å². The fraction of sp³-hybridized carbons (Fsp3) is 0. The molecule has 278 valence electrons. The lowest BCUT2D eigenvalue weighted by atomic mass is 9.89. The smallest absolute Gasteiger partial charge is 0.235 e. The maximum Gasteiger partial charge on any atom is 0.235 e. The minimum Gasteiger partial charge on any atom is -0.397 e. The summed E-state index contributed by atoms with van der Waals surface area (Å²) in [6.07, 6.45) is 3.63. The summed E-state index contributed by atoms with van der Waals surface area (Å²) in [6, 6.07) is 60.2. The highest BCUT2D eigenvalue weighted by molar-refractivity contribution is 6.20. The molecule has 2 N–H and O–H groups in total. The first kappa shape index (κ1) is 34.1. The van der Waals surface area contributed by atoms with E-state index in [1.807, 2.05) is 67.0 Å². The molecular weight excluding hydrogens is 723 g/mol. The van der Waals surface area contributed by atoms with E-state index in [2.05, 4.69) is 141 Å². The molecular formula is C52H35N7. The van der Waals surface area contributed by atoms with Crippen LogP contribution in [0.3, 0.4) is 0 Å². The summed E-state index contributed by atoms with van der Waals surface area (Å²) in [7, 11) is 0. The van der Waals surface area contributed by atoms with Gasteiger partial charge in [-0.25, -0.2) is 9.97 Å². The molecule has 0 saturated carbocycles. The lowest BCUT2D eigenvalue weighted by Crippen LogP contribution is -2.22. The number of nitrogens with two attached hydrogens (primary N) is 1. The molecule has 10 aromatic rings. The molecule has 0 fully saturated rings. The van der Waals surface area contributed by atoms with E-state index in [0.29, 0.717) is 11.6 Å². The zero-order valence-electron chi connectivity index (χ0n) is 31.9. The zero-order chi connectivity index (χ0) is 39.5. The van der Waals surface area contributed by atoms with Crippen LogP contribution in [-0.4, -0.2) is 24.5 Å². The van der Waals surface area contributed by atoms with Gasteiger partial charge >= 0.3 is 0 Å². The Labute approximate surface area is 341 Å². The van der Waals surface area contributed by atoms with Gasteiger partial charge in [-0.15, -0.1) is 0 Å². The van der Waals surface area contributed by atoms with Crippen LogP contribution in [0.5, 0.6) is 0 Å². The van der Waals surface area contributed by atoms with Crippen LogP contribution in [0, 0.1) is 0 Å². The highest BCUT2D eigenvalue weighted by Gasteiger charge is 2.32. The molecule has 0 amide bonds. The Morgan fingerprint density at radius 2 is 1.00 bits per heavy atom. The number of fused-ring (bicyclic) bond motifs is 7. The molecule has 11 rings (SSSR count). The Balaban J connectivity index is 1.19. The number of para-hydroxylation sites is 3. The summed E-state index contributed by atoms with van der Waals surface area (Å²) < 4.78 is 2.22. The molecule has 0 saturated heterocycles. The van der Waals surface area contributed by atoms with Gasteiger partial charge < -0.3 is 10.6 Å². The molecule has 7 nitrogen and oxygen atoms in total. The molecule has 0 radical (unpaired) electrons. The maximum absolute atomic E-state index is 6.80. The van der Waals surface area contributed by atoms with Crippen molar-refractivity contribution in [2.45, 2.75) is 0 Å². The molecule has 5 heterocycles. The Kier molecular flexibility index (Phi) is 7.98. The number of hydrogen-bond acceptors (Lipinski definition) is 6. The summed E-state index contributed by atoms with van der Waals surface area (Å²) in [5.41, 5.74) is 22.7. The van der Waals surface area contributed by atoms with Crippen LogP contribution >= 0.6 is 0 Å². The Bertz CT molecular complexity index is 3130. The third kappa shape index (κ3) is 5.67. The second-order valence-corrected chi connectivity index (χ2v) is 14.6. The van der Waals surface area contributed by atoms with E-state index >= 15 is 0 Å². The monoisotopic (exact) mass is 757 g/mol. The highest BCUT2D eigenvalue weighted by atomic mass is 15.2. The summed E-state index contributed by atoms with van der Waals surface area (Å²) in [5, 5.41) is 2.16. The average Bonchev–Trinajstić information content (AvgIpc) is 3.65. The SMILES string of the molecule is C=C1c2ccccc2-c2ccc3c4ccccc4n(-c4nc(-c5ccc(-c6ccccn6)cc5)cc(-c5ccc(-c6ccccn6)cc5)n4)c3c2N1c1ccccc1N. The van der Waals surface area contributed by atoms with E-state index in [4.69, 9.17) is 22.3 Å². The third-order valence-corrected chi connectivity index (χ3v) is 11.2. The van der Waals surface area contributed by atoms with E-state index in [-0.39, 0.29) is 0 Å². The van der Waals surface area contributed by atoms with E-state index in [1.165, 1.54) is 0 Å². The molecule has 1 aliphatic rings. The van der Waals surface area contributed by atoms with Crippen LogP contribution in [0.2, 0.25) is 0 Å². The highest BCUT2D eigenvalue weighted by Crippen LogP contribution is 2.53. The molecule has 0 atom stereocenters. The number of anilines is 3. The summed E-state index contributed by atoms with van der Waals surface area (Å²) in [4.78, 5) is 22.2. The van der Waals surface area contributed by atoms with Crippen molar-refractivity contribution in [3.63, 3.8) is 0 Å². The molecule has 59 heavy (non-hydrogen) atoms. The first-order chi connectivity index (χ1) is 29.1. The molecule has 0 bridgehead atoms. The standard InChI is InChI=1S/C52H35N7/c1-33-38-12-2-3-13-39(38)41-28-29-42-40-14-4-6-18-48(40)59(51(42)50(41)58(33)49-19-7-5-15-43(49)53)52-56-46(36-24-20-34(21-25-36)44-16-8-10-30-54-44)32-47(57-52)37-26-22-35(23-27-37)45-17-9-11-31-55-45/h2-32H,1,53H2. The Hall–Kier alpha value is -8.16. The molecule has 4 aromatic heterocycles.